The summed E-state index contributed by atoms with van der Waals surface area (Å²) >= 11 is 0. The molecule has 15 heavy (non-hydrogen) atoms. The van der Waals surface area contributed by atoms with Gasteiger partial charge in [0, 0.05) is 0 Å². The highest BCUT2D eigenvalue weighted by Gasteiger charge is 2.34. The summed E-state index contributed by atoms with van der Waals surface area (Å²) in [6, 6.07) is 2.84. The first-order chi connectivity index (χ1) is 6.86. The van der Waals surface area contributed by atoms with Gasteiger partial charge in [0.2, 0.25) is 0 Å². The third kappa shape index (κ3) is 2.70. The Bertz CT molecular complexity index is 341. The van der Waals surface area contributed by atoms with Gasteiger partial charge in [0.15, 0.2) is 0 Å². The minimum atomic E-state index is -4.49. The third-order valence-corrected chi connectivity index (χ3v) is 2.46. The van der Waals surface area contributed by atoms with Gasteiger partial charge >= 0.3 is 6.18 Å². The van der Waals surface area contributed by atoms with Crippen molar-refractivity contribution in [1.82, 2.24) is 0 Å². The maximum absolute atomic E-state index is 12.7. The minimum absolute atomic E-state index is 0.159. The van der Waals surface area contributed by atoms with E-state index < -0.39 is 17.6 Å². The molecule has 0 bridgehead atoms. The summed E-state index contributed by atoms with van der Waals surface area (Å²) in [7, 11) is 0. The van der Waals surface area contributed by atoms with Crippen LogP contribution in [-0.4, -0.2) is 0 Å². The van der Waals surface area contributed by atoms with Crippen LogP contribution in [0.2, 0.25) is 0 Å². The van der Waals surface area contributed by atoms with Crippen molar-refractivity contribution in [2.45, 2.75) is 32.4 Å². The van der Waals surface area contributed by atoms with E-state index in [0.717, 1.165) is 6.07 Å². The van der Waals surface area contributed by atoms with Crippen molar-refractivity contribution >= 4 is 0 Å². The van der Waals surface area contributed by atoms with Crippen LogP contribution >= 0.6 is 0 Å². The molecule has 1 atom stereocenters. The highest BCUT2D eigenvalue weighted by Crippen LogP contribution is 2.36. The molecule has 0 fully saturated rings. The number of alkyl halides is 3. The molecule has 0 aliphatic heterocycles. The van der Waals surface area contributed by atoms with Gasteiger partial charge in [-0.25, -0.2) is 4.39 Å². The van der Waals surface area contributed by atoms with E-state index in [0.29, 0.717) is 12.5 Å². The maximum Gasteiger partial charge on any atom is 0.416 e. The second-order valence-electron chi connectivity index (χ2n) is 3.54. The summed E-state index contributed by atoms with van der Waals surface area (Å²) in [5.41, 5.74) is -0.705. The maximum atomic E-state index is 12.7. The second kappa shape index (κ2) is 4.21. The van der Waals surface area contributed by atoms with Crippen LogP contribution in [0.4, 0.5) is 17.6 Å². The monoisotopic (exact) mass is 220 g/mol. The summed E-state index contributed by atoms with van der Waals surface area (Å²) in [6.45, 7) is 3.50. The van der Waals surface area contributed by atoms with Crippen LogP contribution in [0.3, 0.4) is 0 Å². The fraction of sp³-hybridized carbons (Fsp3) is 0.455. The van der Waals surface area contributed by atoms with Crippen molar-refractivity contribution in [3.8, 4) is 0 Å². The van der Waals surface area contributed by atoms with Crippen molar-refractivity contribution in [1.29, 1.82) is 0 Å². The van der Waals surface area contributed by atoms with E-state index in [-0.39, 0.29) is 11.5 Å². The number of hydrogen-bond donors (Lipinski definition) is 0. The lowest BCUT2D eigenvalue weighted by atomic mass is 9.93. The van der Waals surface area contributed by atoms with Gasteiger partial charge in [-0.15, -0.1) is 0 Å². The van der Waals surface area contributed by atoms with Crippen LogP contribution in [-0.2, 0) is 6.18 Å². The third-order valence-electron chi connectivity index (χ3n) is 2.46. The van der Waals surface area contributed by atoms with Gasteiger partial charge in [0.05, 0.1) is 5.56 Å². The van der Waals surface area contributed by atoms with Crippen molar-refractivity contribution < 1.29 is 17.6 Å². The van der Waals surface area contributed by atoms with Crippen LogP contribution in [0.5, 0.6) is 0 Å². The molecule has 0 spiro atoms. The van der Waals surface area contributed by atoms with Gasteiger partial charge in [-0.3, -0.25) is 0 Å². The first-order valence-electron chi connectivity index (χ1n) is 4.73. The Labute approximate surface area is 85.9 Å². The zero-order valence-corrected chi connectivity index (χ0v) is 8.53. The topological polar surface area (TPSA) is 0 Å². The summed E-state index contributed by atoms with van der Waals surface area (Å²) in [5, 5.41) is 0. The van der Waals surface area contributed by atoms with E-state index >= 15 is 0 Å². The molecule has 0 amide bonds. The molecule has 0 saturated carbocycles. The average molecular weight is 220 g/mol. The molecule has 0 heterocycles. The van der Waals surface area contributed by atoms with Gasteiger partial charge in [0.25, 0.3) is 0 Å². The second-order valence-corrected chi connectivity index (χ2v) is 3.54. The molecule has 0 N–H and O–H groups in total. The first kappa shape index (κ1) is 12.0. The summed E-state index contributed by atoms with van der Waals surface area (Å²) in [4.78, 5) is 0. The molecule has 0 aliphatic rings. The zero-order valence-electron chi connectivity index (χ0n) is 8.53. The average Bonchev–Trinajstić information content (AvgIpc) is 2.15. The van der Waals surface area contributed by atoms with Gasteiger partial charge in [-0.2, -0.15) is 13.2 Å². The van der Waals surface area contributed by atoms with E-state index in [2.05, 4.69) is 0 Å². The Morgan fingerprint density at radius 1 is 1.27 bits per heavy atom. The van der Waals surface area contributed by atoms with Crippen molar-refractivity contribution in [2.75, 3.05) is 0 Å². The van der Waals surface area contributed by atoms with E-state index in [1.165, 1.54) is 6.07 Å². The predicted molar refractivity (Wildman–Crippen MR) is 50.1 cm³/mol. The SMILES string of the molecule is CCC(C)c1ccc(F)cc1C(F)(F)F. The molecule has 1 aromatic carbocycles. The highest BCUT2D eigenvalue weighted by atomic mass is 19.4. The Morgan fingerprint density at radius 3 is 2.33 bits per heavy atom. The molecule has 0 aromatic heterocycles. The fourth-order valence-corrected chi connectivity index (χ4v) is 1.42. The summed E-state index contributed by atoms with van der Waals surface area (Å²) in [6.07, 6.45) is -3.89. The molecule has 0 aliphatic carbocycles. The molecule has 1 aromatic rings. The standard InChI is InChI=1S/C11H12F4/c1-3-7(2)9-5-4-8(12)6-10(9)11(13,14)15/h4-7H,3H2,1-2H3. The molecule has 0 saturated heterocycles. The van der Waals surface area contributed by atoms with Gasteiger partial charge in [-0.1, -0.05) is 19.9 Å². The van der Waals surface area contributed by atoms with Crippen LogP contribution in [0.1, 0.15) is 37.3 Å². The first-order valence-corrected chi connectivity index (χ1v) is 4.73. The Hall–Kier alpha value is -1.06. The molecule has 4 heteroatoms. The quantitative estimate of drug-likeness (QED) is 0.649. The molecule has 0 radical (unpaired) electrons. The number of benzene rings is 1. The largest absolute Gasteiger partial charge is 0.416 e. The molecule has 84 valence electrons. The number of rotatable bonds is 2. The normalized spacial score (nSPS) is 14.0. The van der Waals surface area contributed by atoms with E-state index in [1.807, 2.05) is 0 Å². The Morgan fingerprint density at radius 2 is 1.87 bits per heavy atom. The van der Waals surface area contributed by atoms with Crippen LogP contribution in [0.15, 0.2) is 18.2 Å². The fourth-order valence-electron chi connectivity index (χ4n) is 1.42. The van der Waals surface area contributed by atoms with Crippen molar-refractivity contribution in [2.24, 2.45) is 0 Å². The van der Waals surface area contributed by atoms with E-state index in [1.54, 1.807) is 13.8 Å². The predicted octanol–water partition coefficient (Wildman–Crippen LogP) is 4.36. The zero-order chi connectivity index (χ0) is 11.6. The molecule has 1 unspecified atom stereocenters. The summed E-state index contributed by atoms with van der Waals surface area (Å²) < 4.78 is 50.4. The van der Waals surface area contributed by atoms with E-state index in [4.69, 9.17) is 0 Å². The molecular formula is C11H12F4. The number of halogens is 4. The Kier molecular flexibility index (Phi) is 3.37. The lowest BCUT2D eigenvalue weighted by Crippen LogP contribution is -2.11. The van der Waals surface area contributed by atoms with Crippen LogP contribution < -0.4 is 0 Å². The Balaban J connectivity index is 3.27. The van der Waals surface area contributed by atoms with Gasteiger partial charge in [-0.05, 0) is 30.0 Å². The van der Waals surface area contributed by atoms with Crippen molar-refractivity contribution in [3.05, 3.63) is 35.1 Å². The molecular weight excluding hydrogens is 208 g/mol. The lowest BCUT2D eigenvalue weighted by molar-refractivity contribution is -0.138. The highest BCUT2D eigenvalue weighted by molar-refractivity contribution is 5.33. The minimum Gasteiger partial charge on any atom is -0.207 e. The molecule has 0 nitrogen and oxygen atoms in total. The van der Waals surface area contributed by atoms with Gasteiger partial charge in [0.1, 0.15) is 5.82 Å². The van der Waals surface area contributed by atoms with Gasteiger partial charge < -0.3 is 0 Å². The van der Waals surface area contributed by atoms with E-state index in [9.17, 15) is 17.6 Å². The summed E-state index contributed by atoms with van der Waals surface area (Å²) in [5.74, 6) is -1.07. The van der Waals surface area contributed by atoms with Crippen LogP contribution in [0.25, 0.3) is 0 Å². The number of hydrogen-bond acceptors (Lipinski definition) is 0. The van der Waals surface area contributed by atoms with Crippen molar-refractivity contribution in [3.63, 3.8) is 0 Å². The van der Waals surface area contributed by atoms with Crippen LogP contribution in [0, 0.1) is 5.82 Å². The smallest absolute Gasteiger partial charge is 0.207 e. The molecule has 1 rings (SSSR count). The lowest BCUT2D eigenvalue weighted by Gasteiger charge is -2.17.